The Hall–Kier alpha value is -3.66. The Labute approximate surface area is 168 Å². The summed E-state index contributed by atoms with van der Waals surface area (Å²) in [6, 6.07) is 12.8. The number of amides is 2. The van der Waals surface area contributed by atoms with Crippen molar-refractivity contribution in [2.45, 2.75) is 18.9 Å². The molecule has 0 aromatic heterocycles. The third-order valence-corrected chi connectivity index (χ3v) is 4.92. The van der Waals surface area contributed by atoms with Crippen LogP contribution in [0.25, 0.3) is 6.08 Å². The first-order valence-corrected chi connectivity index (χ1v) is 8.93. The van der Waals surface area contributed by atoms with Crippen LogP contribution < -0.4 is 10.1 Å². The zero-order chi connectivity index (χ0) is 21.2. The summed E-state index contributed by atoms with van der Waals surface area (Å²) in [5, 5.41) is 12.1. The lowest BCUT2D eigenvalue weighted by Crippen LogP contribution is -2.64. The van der Waals surface area contributed by atoms with Gasteiger partial charge in [0, 0.05) is 19.0 Å². The maximum absolute atomic E-state index is 13.2. The van der Waals surface area contributed by atoms with Crippen LogP contribution in [0.5, 0.6) is 5.75 Å². The molecule has 1 heterocycles. The standard InChI is InChI=1S/C22H20FN3O3/c1-22(12-14-7-9-16(23)10-8-14)21(28)26(2)18(20(27)25-22)11-17-15(13-24)5-4-6-19(17)29-3/h4-11H,12H2,1-3H3,(H,25,27)/b18-11+. The number of nitrogens with zero attached hydrogens (tertiary/aromatic N) is 2. The minimum absolute atomic E-state index is 0.104. The van der Waals surface area contributed by atoms with E-state index in [2.05, 4.69) is 11.4 Å². The largest absolute Gasteiger partial charge is 0.496 e. The Bertz CT molecular complexity index is 1040. The number of halogens is 1. The van der Waals surface area contributed by atoms with E-state index in [9.17, 15) is 19.2 Å². The Morgan fingerprint density at radius 2 is 1.93 bits per heavy atom. The number of ether oxygens (including phenoxy) is 1. The molecule has 0 radical (unpaired) electrons. The number of methoxy groups -OCH3 is 1. The van der Waals surface area contributed by atoms with Gasteiger partial charge >= 0.3 is 0 Å². The molecule has 1 aliphatic heterocycles. The third kappa shape index (κ3) is 3.83. The molecule has 7 heteroatoms. The van der Waals surface area contributed by atoms with Crippen LogP contribution in [0.2, 0.25) is 0 Å². The van der Waals surface area contributed by atoms with Gasteiger partial charge in [0.25, 0.3) is 11.8 Å². The van der Waals surface area contributed by atoms with Gasteiger partial charge in [0.15, 0.2) is 0 Å². The highest BCUT2D eigenvalue weighted by Crippen LogP contribution is 2.29. The molecule has 1 saturated heterocycles. The van der Waals surface area contributed by atoms with E-state index in [0.29, 0.717) is 16.9 Å². The number of benzene rings is 2. The molecule has 6 nitrogen and oxygen atoms in total. The van der Waals surface area contributed by atoms with E-state index in [1.165, 1.54) is 37.3 Å². The maximum atomic E-state index is 13.2. The van der Waals surface area contributed by atoms with Crippen LogP contribution in [0.4, 0.5) is 4.39 Å². The molecular weight excluding hydrogens is 373 g/mol. The van der Waals surface area contributed by atoms with Crippen LogP contribution in [-0.4, -0.2) is 36.4 Å². The molecule has 2 aromatic rings. The number of likely N-dealkylation sites (N-methyl/N-ethyl adjacent to an activating group) is 1. The van der Waals surface area contributed by atoms with Crippen molar-refractivity contribution in [3.8, 4) is 11.8 Å². The average molecular weight is 393 g/mol. The molecule has 3 rings (SSSR count). The van der Waals surface area contributed by atoms with Crippen molar-refractivity contribution >= 4 is 17.9 Å². The van der Waals surface area contributed by atoms with Gasteiger partial charge < -0.3 is 15.0 Å². The lowest BCUT2D eigenvalue weighted by Gasteiger charge is -2.39. The van der Waals surface area contributed by atoms with Gasteiger partial charge in [-0.2, -0.15) is 5.26 Å². The molecule has 0 bridgehead atoms. The molecule has 2 aromatic carbocycles. The second kappa shape index (κ2) is 7.76. The van der Waals surface area contributed by atoms with E-state index in [1.807, 2.05) is 0 Å². The molecule has 0 spiro atoms. The number of hydrogen-bond acceptors (Lipinski definition) is 4. The zero-order valence-electron chi connectivity index (χ0n) is 16.3. The first kappa shape index (κ1) is 20.1. The second-order valence-electron chi connectivity index (χ2n) is 7.02. The summed E-state index contributed by atoms with van der Waals surface area (Å²) in [7, 11) is 2.98. The lowest BCUT2D eigenvalue weighted by molar-refractivity contribution is -0.143. The number of carbonyl (C=O) groups excluding carboxylic acids is 2. The number of piperazine rings is 1. The van der Waals surface area contributed by atoms with Crippen LogP contribution in [0.1, 0.15) is 23.6 Å². The molecule has 1 fully saturated rings. The van der Waals surface area contributed by atoms with Crippen molar-refractivity contribution in [1.29, 1.82) is 5.26 Å². The van der Waals surface area contributed by atoms with Crippen LogP contribution >= 0.6 is 0 Å². The summed E-state index contributed by atoms with van der Waals surface area (Å²) in [4.78, 5) is 27.2. The molecule has 1 aliphatic rings. The van der Waals surface area contributed by atoms with Gasteiger partial charge in [-0.3, -0.25) is 9.59 Å². The average Bonchev–Trinajstić information content (AvgIpc) is 2.71. The molecule has 148 valence electrons. The number of rotatable bonds is 4. The molecule has 0 saturated carbocycles. The summed E-state index contributed by atoms with van der Waals surface area (Å²) in [6.07, 6.45) is 1.69. The molecule has 1 N–H and O–H groups in total. The first-order chi connectivity index (χ1) is 13.8. The van der Waals surface area contributed by atoms with Gasteiger partial charge in [-0.25, -0.2) is 4.39 Å². The Kier molecular flexibility index (Phi) is 5.37. The van der Waals surface area contributed by atoms with Crippen LogP contribution in [0, 0.1) is 17.1 Å². The minimum atomic E-state index is -1.18. The molecule has 0 aliphatic carbocycles. The fourth-order valence-corrected chi connectivity index (χ4v) is 3.40. The van der Waals surface area contributed by atoms with Crippen molar-refractivity contribution in [3.63, 3.8) is 0 Å². The molecule has 29 heavy (non-hydrogen) atoms. The lowest BCUT2D eigenvalue weighted by atomic mass is 9.88. The number of carbonyl (C=O) groups is 2. The topological polar surface area (TPSA) is 82.4 Å². The van der Waals surface area contributed by atoms with Gasteiger partial charge in [-0.15, -0.1) is 0 Å². The SMILES string of the molecule is COc1cccc(C#N)c1/C=C1\C(=O)NC(C)(Cc2ccc(F)cc2)C(=O)N1C. The monoisotopic (exact) mass is 393 g/mol. The van der Waals surface area contributed by atoms with E-state index < -0.39 is 11.4 Å². The Morgan fingerprint density at radius 3 is 2.55 bits per heavy atom. The quantitative estimate of drug-likeness (QED) is 0.810. The smallest absolute Gasteiger partial charge is 0.268 e. The molecule has 2 amide bonds. The highest BCUT2D eigenvalue weighted by molar-refractivity contribution is 6.09. The van der Waals surface area contributed by atoms with Crippen LogP contribution in [0.15, 0.2) is 48.2 Å². The van der Waals surface area contributed by atoms with Crippen molar-refractivity contribution in [2.75, 3.05) is 14.2 Å². The van der Waals surface area contributed by atoms with Gasteiger partial charge in [0.1, 0.15) is 22.8 Å². The molecule has 1 unspecified atom stereocenters. The number of nitriles is 1. The van der Waals surface area contributed by atoms with Gasteiger partial charge in [0.05, 0.1) is 18.7 Å². The van der Waals surface area contributed by atoms with Crippen molar-refractivity contribution in [2.24, 2.45) is 0 Å². The van der Waals surface area contributed by atoms with Gasteiger partial charge in [0.2, 0.25) is 0 Å². The van der Waals surface area contributed by atoms with E-state index in [1.54, 1.807) is 37.3 Å². The highest BCUT2D eigenvalue weighted by atomic mass is 19.1. The van der Waals surface area contributed by atoms with Crippen molar-refractivity contribution < 1.29 is 18.7 Å². The van der Waals surface area contributed by atoms with Crippen LogP contribution in [0.3, 0.4) is 0 Å². The predicted molar refractivity (Wildman–Crippen MR) is 105 cm³/mol. The van der Waals surface area contributed by atoms with Gasteiger partial charge in [-0.05, 0) is 42.8 Å². The predicted octanol–water partition coefficient (Wildman–Crippen LogP) is 2.64. The van der Waals surface area contributed by atoms with Crippen LogP contribution in [-0.2, 0) is 16.0 Å². The Balaban J connectivity index is 1.96. The minimum Gasteiger partial charge on any atom is -0.496 e. The summed E-state index contributed by atoms with van der Waals surface area (Å²) >= 11 is 0. The maximum Gasteiger partial charge on any atom is 0.268 e. The summed E-state index contributed by atoms with van der Waals surface area (Å²) in [6.45, 7) is 1.63. The summed E-state index contributed by atoms with van der Waals surface area (Å²) in [5.41, 5.74) is 0.391. The highest BCUT2D eigenvalue weighted by Gasteiger charge is 2.44. The van der Waals surface area contributed by atoms with E-state index in [0.717, 1.165) is 5.56 Å². The summed E-state index contributed by atoms with van der Waals surface area (Å²) < 4.78 is 18.5. The fraction of sp³-hybridized carbons (Fsp3) is 0.227. The number of hydrogen-bond donors (Lipinski definition) is 1. The van der Waals surface area contributed by atoms with E-state index >= 15 is 0 Å². The van der Waals surface area contributed by atoms with E-state index in [-0.39, 0.29) is 23.8 Å². The third-order valence-electron chi connectivity index (χ3n) is 4.92. The summed E-state index contributed by atoms with van der Waals surface area (Å²) in [5.74, 6) is -0.720. The van der Waals surface area contributed by atoms with Crippen molar-refractivity contribution in [1.82, 2.24) is 10.2 Å². The first-order valence-electron chi connectivity index (χ1n) is 8.93. The fourth-order valence-electron chi connectivity index (χ4n) is 3.40. The normalized spacial score (nSPS) is 20.4. The second-order valence-corrected chi connectivity index (χ2v) is 7.02. The molecule has 1 atom stereocenters. The molecular formula is C22H20FN3O3. The van der Waals surface area contributed by atoms with Gasteiger partial charge in [-0.1, -0.05) is 18.2 Å². The van der Waals surface area contributed by atoms with Crippen molar-refractivity contribution in [3.05, 3.63) is 70.7 Å². The Morgan fingerprint density at radius 1 is 1.24 bits per heavy atom. The number of nitrogens with one attached hydrogen (secondary N) is 1. The zero-order valence-corrected chi connectivity index (χ0v) is 16.3. The van der Waals surface area contributed by atoms with E-state index in [4.69, 9.17) is 4.74 Å².